The average Bonchev–Trinajstić information content (AvgIpc) is 2.96. The molecule has 2 aliphatic heterocycles. The first-order valence-corrected chi connectivity index (χ1v) is 11.2. The number of hydrogen-bond acceptors (Lipinski definition) is 5. The standard InChI is InChI=1S/C22H25N3OS2/c1-3-10-25-21(26)19(28-22(25)27)14-17-13-16-6-4-5-7-18(16)23-20(17)24-11-8-15(2)9-12-24/h4-7,13-15H,3,8-12H2,1-2H3/b19-14-. The van der Waals surface area contributed by atoms with Gasteiger partial charge in [0.1, 0.15) is 10.1 Å². The molecule has 2 aliphatic rings. The lowest BCUT2D eigenvalue weighted by Gasteiger charge is -2.32. The number of thiocarbonyl (C=S) groups is 1. The molecule has 6 heteroatoms. The maximum Gasteiger partial charge on any atom is 0.266 e. The Kier molecular flexibility index (Phi) is 5.69. The number of thioether (sulfide) groups is 1. The maximum atomic E-state index is 12.8. The van der Waals surface area contributed by atoms with Crippen LogP contribution in [0.15, 0.2) is 35.2 Å². The van der Waals surface area contributed by atoms with E-state index in [9.17, 15) is 4.79 Å². The molecule has 0 spiro atoms. The molecule has 4 rings (SSSR count). The molecule has 1 aromatic carbocycles. The molecule has 0 bridgehead atoms. The molecule has 1 amide bonds. The Hall–Kier alpha value is -1.92. The van der Waals surface area contributed by atoms with Crippen molar-refractivity contribution in [1.29, 1.82) is 0 Å². The molecule has 0 radical (unpaired) electrons. The van der Waals surface area contributed by atoms with Gasteiger partial charge in [-0.3, -0.25) is 9.69 Å². The highest BCUT2D eigenvalue weighted by Gasteiger charge is 2.31. The summed E-state index contributed by atoms with van der Waals surface area (Å²) in [6.45, 7) is 7.05. The van der Waals surface area contributed by atoms with E-state index in [1.54, 1.807) is 4.90 Å². The highest BCUT2D eigenvalue weighted by molar-refractivity contribution is 8.26. The maximum absolute atomic E-state index is 12.8. The van der Waals surface area contributed by atoms with Crippen LogP contribution in [-0.2, 0) is 4.79 Å². The SMILES string of the molecule is CCCN1C(=O)/C(=C/c2cc3ccccc3nc2N2CCC(C)CC2)SC1=S. The second-order valence-corrected chi connectivity index (χ2v) is 9.27. The van der Waals surface area contributed by atoms with E-state index < -0.39 is 0 Å². The van der Waals surface area contributed by atoms with Gasteiger partial charge in [0.25, 0.3) is 5.91 Å². The van der Waals surface area contributed by atoms with Crippen molar-refractivity contribution in [2.75, 3.05) is 24.5 Å². The fourth-order valence-corrected chi connectivity index (χ4v) is 5.06. The Labute approximate surface area is 176 Å². The Morgan fingerprint density at radius 1 is 1.29 bits per heavy atom. The second-order valence-electron chi connectivity index (χ2n) is 7.60. The van der Waals surface area contributed by atoms with Crippen LogP contribution in [0.25, 0.3) is 17.0 Å². The predicted octanol–water partition coefficient (Wildman–Crippen LogP) is 5.08. The number of hydrogen-bond donors (Lipinski definition) is 0. The number of para-hydroxylation sites is 1. The van der Waals surface area contributed by atoms with Crippen molar-refractivity contribution in [3.05, 3.63) is 40.8 Å². The summed E-state index contributed by atoms with van der Waals surface area (Å²) in [5.41, 5.74) is 2.00. The molecule has 3 heterocycles. The summed E-state index contributed by atoms with van der Waals surface area (Å²) >= 11 is 6.83. The van der Waals surface area contributed by atoms with Gasteiger partial charge in [-0.25, -0.2) is 4.98 Å². The molecular formula is C22H25N3OS2. The molecule has 0 N–H and O–H groups in total. The van der Waals surface area contributed by atoms with Gasteiger partial charge in [0.05, 0.1) is 10.4 Å². The van der Waals surface area contributed by atoms with E-state index in [-0.39, 0.29) is 5.91 Å². The van der Waals surface area contributed by atoms with Crippen LogP contribution >= 0.6 is 24.0 Å². The molecule has 1 aromatic heterocycles. The lowest BCUT2D eigenvalue weighted by atomic mass is 9.98. The van der Waals surface area contributed by atoms with Gasteiger partial charge in [0.15, 0.2) is 0 Å². The number of aromatic nitrogens is 1. The van der Waals surface area contributed by atoms with Crippen molar-refractivity contribution >= 4 is 57.0 Å². The summed E-state index contributed by atoms with van der Waals surface area (Å²) in [7, 11) is 0. The van der Waals surface area contributed by atoms with Gasteiger partial charge in [0, 0.05) is 30.6 Å². The molecule has 0 unspecified atom stereocenters. The summed E-state index contributed by atoms with van der Waals surface area (Å²) in [4.78, 5) is 22.6. The van der Waals surface area contributed by atoms with E-state index in [0.717, 1.165) is 47.7 Å². The van der Waals surface area contributed by atoms with Crippen molar-refractivity contribution in [3.8, 4) is 0 Å². The fraction of sp³-hybridized carbons (Fsp3) is 0.409. The van der Waals surface area contributed by atoms with E-state index in [4.69, 9.17) is 17.2 Å². The minimum Gasteiger partial charge on any atom is -0.356 e. The lowest BCUT2D eigenvalue weighted by molar-refractivity contribution is -0.122. The topological polar surface area (TPSA) is 36.4 Å². The number of fused-ring (bicyclic) bond motifs is 1. The number of pyridine rings is 1. The zero-order valence-corrected chi connectivity index (χ0v) is 18.0. The van der Waals surface area contributed by atoms with Gasteiger partial charge in [-0.1, -0.05) is 56.0 Å². The summed E-state index contributed by atoms with van der Waals surface area (Å²) < 4.78 is 0.653. The highest BCUT2D eigenvalue weighted by Crippen LogP contribution is 2.35. The molecule has 2 saturated heterocycles. The van der Waals surface area contributed by atoms with Crippen LogP contribution in [0.2, 0.25) is 0 Å². The van der Waals surface area contributed by atoms with Crippen LogP contribution in [0.1, 0.15) is 38.7 Å². The first-order valence-electron chi connectivity index (χ1n) is 9.97. The van der Waals surface area contributed by atoms with Crippen molar-refractivity contribution in [2.24, 2.45) is 5.92 Å². The molecule has 2 aromatic rings. The van der Waals surface area contributed by atoms with Crippen molar-refractivity contribution in [2.45, 2.75) is 33.1 Å². The molecule has 146 valence electrons. The van der Waals surface area contributed by atoms with Gasteiger partial charge >= 0.3 is 0 Å². The number of piperidine rings is 1. The summed E-state index contributed by atoms with van der Waals surface area (Å²) in [5.74, 6) is 1.75. The monoisotopic (exact) mass is 411 g/mol. The molecule has 0 aliphatic carbocycles. The number of carbonyl (C=O) groups is 1. The van der Waals surface area contributed by atoms with E-state index in [2.05, 4.69) is 36.9 Å². The summed E-state index contributed by atoms with van der Waals surface area (Å²) in [5, 5.41) is 1.09. The van der Waals surface area contributed by atoms with Crippen LogP contribution < -0.4 is 4.90 Å². The number of amides is 1. The average molecular weight is 412 g/mol. The zero-order chi connectivity index (χ0) is 19.7. The summed E-state index contributed by atoms with van der Waals surface area (Å²) in [6.07, 6.45) is 5.23. The molecular weight excluding hydrogens is 386 g/mol. The molecule has 2 fully saturated rings. The van der Waals surface area contributed by atoms with E-state index in [0.29, 0.717) is 15.8 Å². The Morgan fingerprint density at radius 2 is 2.04 bits per heavy atom. The number of carbonyl (C=O) groups excluding carboxylic acids is 1. The molecule has 4 nitrogen and oxygen atoms in total. The molecule has 28 heavy (non-hydrogen) atoms. The smallest absolute Gasteiger partial charge is 0.266 e. The third-order valence-electron chi connectivity index (χ3n) is 5.42. The van der Waals surface area contributed by atoms with Crippen LogP contribution in [-0.4, -0.2) is 39.7 Å². The van der Waals surface area contributed by atoms with Gasteiger partial charge in [0.2, 0.25) is 0 Å². The van der Waals surface area contributed by atoms with Gasteiger partial charge in [-0.15, -0.1) is 0 Å². The number of nitrogens with zero attached hydrogens (tertiary/aromatic N) is 3. The van der Waals surface area contributed by atoms with E-state index in [1.807, 2.05) is 18.2 Å². The van der Waals surface area contributed by atoms with E-state index in [1.165, 1.54) is 24.6 Å². The number of benzene rings is 1. The fourth-order valence-electron chi connectivity index (χ4n) is 3.76. The third-order valence-corrected chi connectivity index (χ3v) is 6.80. The van der Waals surface area contributed by atoms with Crippen LogP contribution in [0.5, 0.6) is 0 Å². The summed E-state index contributed by atoms with van der Waals surface area (Å²) in [6, 6.07) is 10.3. The first kappa shape index (κ1) is 19.4. The first-order chi connectivity index (χ1) is 13.6. The van der Waals surface area contributed by atoms with Gasteiger partial charge in [-0.2, -0.15) is 0 Å². The lowest BCUT2D eigenvalue weighted by Crippen LogP contribution is -2.34. The Morgan fingerprint density at radius 3 is 2.79 bits per heavy atom. The van der Waals surface area contributed by atoms with Crippen molar-refractivity contribution < 1.29 is 4.79 Å². The Bertz CT molecular complexity index is 948. The Balaban J connectivity index is 1.76. The largest absolute Gasteiger partial charge is 0.356 e. The number of anilines is 1. The van der Waals surface area contributed by atoms with Gasteiger partial charge in [-0.05, 0) is 43.4 Å². The van der Waals surface area contributed by atoms with Crippen LogP contribution in [0, 0.1) is 5.92 Å². The van der Waals surface area contributed by atoms with Gasteiger partial charge < -0.3 is 4.90 Å². The van der Waals surface area contributed by atoms with E-state index >= 15 is 0 Å². The number of rotatable bonds is 4. The second kappa shape index (κ2) is 8.21. The third kappa shape index (κ3) is 3.80. The van der Waals surface area contributed by atoms with Crippen molar-refractivity contribution in [1.82, 2.24) is 9.88 Å². The zero-order valence-electron chi connectivity index (χ0n) is 16.4. The van der Waals surface area contributed by atoms with Crippen LogP contribution in [0.4, 0.5) is 5.82 Å². The minimum absolute atomic E-state index is 0.0169. The predicted molar refractivity (Wildman–Crippen MR) is 123 cm³/mol. The minimum atomic E-state index is 0.0169. The van der Waals surface area contributed by atoms with Crippen LogP contribution in [0.3, 0.4) is 0 Å². The normalized spacial score (nSPS) is 20.0. The molecule has 0 saturated carbocycles. The van der Waals surface area contributed by atoms with Crippen molar-refractivity contribution in [3.63, 3.8) is 0 Å². The highest BCUT2D eigenvalue weighted by atomic mass is 32.2. The quantitative estimate of drug-likeness (QED) is 0.518. The molecule has 0 atom stereocenters.